The van der Waals surface area contributed by atoms with E-state index in [2.05, 4.69) is 21.2 Å². The topological polar surface area (TPSA) is 38.3 Å². The number of amides is 1. The summed E-state index contributed by atoms with van der Waals surface area (Å²) in [5.74, 6) is 0.347. The monoisotopic (exact) mass is 415 g/mol. The van der Waals surface area contributed by atoms with Gasteiger partial charge in [0.1, 0.15) is 5.75 Å². The van der Waals surface area contributed by atoms with Crippen LogP contribution in [0.4, 0.5) is 5.69 Å². The fourth-order valence-electron chi connectivity index (χ4n) is 2.10. The van der Waals surface area contributed by atoms with Crippen molar-refractivity contribution in [2.75, 3.05) is 11.9 Å². The molecule has 0 spiro atoms. The zero-order chi connectivity index (χ0) is 17.1. The van der Waals surface area contributed by atoms with E-state index < -0.39 is 0 Å². The van der Waals surface area contributed by atoms with Crippen LogP contribution in [0.2, 0.25) is 10.0 Å². The molecule has 0 atom stereocenters. The minimum atomic E-state index is -0.243. The molecule has 0 fully saturated rings. The number of ether oxygens (including phenoxy) is 1. The molecule has 0 heterocycles. The molecule has 0 unspecified atom stereocenters. The van der Waals surface area contributed by atoms with Gasteiger partial charge >= 0.3 is 0 Å². The minimum Gasteiger partial charge on any atom is -0.483 e. The Morgan fingerprint density at radius 2 is 1.87 bits per heavy atom. The third-order valence-electron chi connectivity index (χ3n) is 3.39. The van der Waals surface area contributed by atoms with Crippen molar-refractivity contribution in [3.05, 3.63) is 55.5 Å². The van der Waals surface area contributed by atoms with E-state index in [1.54, 1.807) is 24.3 Å². The number of benzene rings is 2. The first kappa shape index (κ1) is 18.1. The van der Waals surface area contributed by atoms with Crippen LogP contribution in [0.1, 0.15) is 16.7 Å². The van der Waals surface area contributed by atoms with E-state index in [4.69, 9.17) is 27.9 Å². The van der Waals surface area contributed by atoms with Crippen LogP contribution in [-0.2, 0) is 4.79 Å². The smallest absolute Gasteiger partial charge is 0.262 e. The van der Waals surface area contributed by atoms with E-state index in [0.717, 1.165) is 21.2 Å². The van der Waals surface area contributed by atoms with Crippen LogP contribution in [0.5, 0.6) is 5.75 Å². The van der Waals surface area contributed by atoms with Gasteiger partial charge in [-0.05, 0) is 77.7 Å². The Kier molecular flexibility index (Phi) is 5.95. The molecule has 0 radical (unpaired) electrons. The Hall–Kier alpha value is -1.23. The zero-order valence-corrected chi connectivity index (χ0v) is 16.1. The normalized spacial score (nSPS) is 10.5. The molecule has 0 aliphatic carbocycles. The summed E-state index contributed by atoms with van der Waals surface area (Å²) in [5.41, 5.74) is 3.39. The van der Waals surface area contributed by atoms with Crippen molar-refractivity contribution in [2.45, 2.75) is 20.8 Å². The lowest BCUT2D eigenvalue weighted by Gasteiger charge is -2.13. The van der Waals surface area contributed by atoms with Gasteiger partial charge in [-0.2, -0.15) is 0 Å². The van der Waals surface area contributed by atoms with Crippen molar-refractivity contribution in [3.63, 3.8) is 0 Å². The maximum absolute atomic E-state index is 12.1. The molecule has 0 aromatic heterocycles. The summed E-state index contributed by atoms with van der Waals surface area (Å²) in [6, 6.07) is 7.09. The molecular formula is C17H16BrCl2NO2. The van der Waals surface area contributed by atoms with Gasteiger partial charge in [-0.15, -0.1) is 0 Å². The number of rotatable bonds is 4. The quantitative estimate of drug-likeness (QED) is 0.694. The predicted molar refractivity (Wildman–Crippen MR) is 98.9 cm³/mol. The Labute approximate surface area is 154 Å². The van der Waals surface area contributed by atoms with Crippen molar-refractivity contribution in [1.29, 1.82) is 0 Å². The molecule has 1 N–H and O–H groups in total. The summed E-state index contributed by atoms with van der Waals surface area (Å²) in [5, 5.41) is 4.12. The maximum atomic E-state index is 12.1. The third kappa shape index (κ3) is 4.40. The highest BCUT2D eigenvalue weighted by molar-refractivity contribution is 9.10. The molecule has 122 valence electrons. The van der Waals surface area contributed by atoms with E-state index >= 15 is 0 Å². The standard InChI is InChI=1S/C17H16BrCl2NO2/c1-9-6-12(19)4-5-13(9)21-15(22)8-23-14-7-10(2)17(20)11(3)16(14)18/h4-7H,8H2,1-3H3,(H,21,22). The lowest BCUT2D eigenvalue weighted by Crippen LogP contribution is -2.20. The van der Waals surface area contributed by atoms with Crippen LogP contribution in [0.3, 0.4) is 0 Å². The summed E-state index contributed by atoms with van der Waals surface area (Å²) < 4.78 is 6.36. The first-order valence-corrected chi connectivity index (χ1v) is 8.48. The summed E-state index contributed by atoms with van der Waals surface area (Å²) >= 11 is 15.5. The Morgan fingerprint density at radius 1 is 1.17 bits per heavy atom. The Bertz CT molecular complexity index is 763. The molecule has 23 heavy (non-hydrogen) atoms. The number of halogens is 3. The second-order valence-electron chi connectivity index (χ2n) is 5.24. The van der Waals surface area contributed by atoms with Crippen LogP contribution < -0.4 is 10.1 Å². The number of nitrogens with one attached hydrogen (secondary N) is 1. The largest absolute Gasteiger partial charge is 0.483 e. The average molecular weight is 417 g/mol. The van der Waals surface area contributed by atoms with Crippen molar-refractivity contribution in [3.8, 4) is 5.75 Å². The van der Waals surface area contributed by atoms with Crippen LogP contribution >= 0.6 is 39.1 Å². The second kappa shape index (κ2) is 7.56. The van der Waals surface area contributed by atoms with Gasteiger partial charge in [0.25, 0.3) is 5.91 Å². The van der Waals surface area contributed by atoms with Crippen LogP contribution in [0, 0.1) is 20.8 Å². The first-order chi connectivity index (χ1) is 10.8. The maximum Gasteiger partial charge on any atom is 0.262 e. The number of anilines is 1. The summed E-state index contributed by atoms with van der Waals surface area (Å²) in [7, 11) is 0. The Morgan fingerprint density at radius 3 is 2.52 bits per heavy atom. The number of hydrogen-bond donors (Lipinski definition) is 1. The molecule has 0 aliphatic rings. The summed E-state index contributed by atoms with van der Waals surface area (Å²) in [4.78, 5) is 12.1. The van der Waals surface area contributed by atoms with Gasteiger partial charge in [0.05, 0.1) is 4.47 Å². The van der Waals surface area contributed by atoms with Crippen molar-refractivity contribution in [1.82, 2.24) is 0 Å². The van der Waals surface area contributed by atoms with Crippen LogP contribution in [0.25, 0.3) is 0 Å². The lowest BCUT2D eigenvalue weighted by atomic mass is 10.1. The summed E-state index contributed by atoms with van der Waals surface area (Å²) in [6.07, 6.45) is 0. The third-order valence-corrected chi connectivity index (χ3v) is 5.19. The van der Waals surface area contributed by atoms with E-state index in [9.17, 15) is 4.79 Å². The zero-order valence-electron chi connectivity index (χ0n) is 13.0. The van der Waals surface area contributed by atoms with Gasteiger partial charge in [-0.25, -0.2) is 0 Å². The fourth-order valence-corrected chi connectivity index (χ4v) is 3.02. The fraction of sp³-hybridized carbons (Fsp3) is 0.235. The average Bonchev–Trinajstić information content (AvgIpc) is 2.50. The number of hydrogen-bond acceptors (Lipinski definition) is 2. The van der Waals surface area contributed by atoms with Crippen LogP contribution in [0.15, 0.2) is 28.7 Å². The van der Waals surface area contributed by atoms with Crippen LogP contribution in [-0.4, -0.2) is 12.5 Å². The molecule has 0 bridgehead atoms. The van der Waals surface area contributed by atoms with E-state index in [0.29, 0.717) is 21.5 Å². The second-order valence-corrected chi connectivity index (χ2v) is 6.85. The van der Waals surface area contributed by atoms with E-state index in [-0.39, 0.29) is 12.5 Å². The molecule has 0 saturated carbocycles. The molecule has 3 nitrogen and oxygen atoms in total. The van der Waals surface area contributed by atoms with Gasteiger partial charge in [-0.1, -0.05) is 23.2 Å². The van der Waals surface area contributed by atoms with E-state index in [1.807, 2.05) is 20.8 Å². The Balaban J connectivity index is 2.05. The number of carbonyl (C=O) groups excluding carboxylic acids is 1. The highest BCUT2D eigenvalue weighted by atomic mass is 79.9. The van der Waals surface area contributed by atoms with Crippen molar-refractivity contribution < 1.29 is 9.53 Å². The predicted octanol–water partition coefficient (Wildman–Crippen LogP) is 5.70. The van der Waals surface area contributed by atoms with Gasteiger partial charge in [0, 0.05) is 15.7 Å². The molecule has 0 aliphatic heterocycles. The minimum absolute atomic E-state index is 0.0961. The molecule has 6 heteroatoms. The molecular weight excluding hydrogens is 401 g/mol. The van der Waals surface area contributed by atoms with E-state index in [1.165, 1.54) is 0 Å². The molecule has 0 saturated heterocycles. The highest BCUT2D eigenvalue weighted by Gasteiger charge is 2.13. The van der Waals surface area contributed by atoms with Crippen molar-refractivity contribution in [2.24, 2.45) is 0 Å². The first-order valence-electron chi connectivity index (χ1n) is 6.93. The van der Waals surface area contributed by atoms with Gasteiger partial charge in [0.2, 0.25) is 0 Å². The molecule has 2 rings (SSSR count). The van der Waals surface area contributed by atoms with Crippen molar-refractivity contribution >= 4 is 50.7 Å². The highest BCUT2D eigenvalue weighted by Crippen LogP contribution is 2.35. The molecule has 1 amide bonds. The van der Waals surface area contributed by atoms with Gasteiger partial charge < -0.3 is 10.1 Å². The number of aryl methyl sites for hydroxylation is 2. The molecule has 2 aromatic carbocycles. The van der Waals surface area contributed by atoms with Gasteiger partial charge in [0.15, 0.2) is 6.61 Å². The lowest BCUT2D eigenvalue weighted by molar-refractivity contribution is -0.118. The number of carbonyl (C=O) groups is 1. The van der Waals surface area contributed by atoms with Gasteiger partial charge in [-0.3, -0.25) is 4.79 Å². The SMILES string of the molecule is Cc1cc(Cl)ccc1NC(=O)COc1cc(C)c(Cl)c(C)c1Br. The summed E-state index contributed by atoms with van der Waals surface area (Å²) in [6.45, 7) is 5.57. The molecule has 2 aromatic rings.